The first-order valence-corrected chi connectivity index (χ1v) is 6.50. The summed E-state index contributed by atoms with van der Waals surface area (Å²) in [7, 11) is 0. The van der Waals surface area contributed by atoms with Gasteiger partial charge in [0, 0.05) is 13.1 Å². The molecule has 0 amide bonds. The Morgan fingerprint density at radius 3 is 2.80 bits per heavy atom. The molecule has 0 fully saturated rings. The second-order valence-electron chi connectivity index (χ2n) is 5.10. The van der Waals surface area contributed by atoms with Gasteiger partial charge in [0.25, 0.3) is 0 Å². The summed E-state index contributed by atoms with van der Waals surface area (Å²) in [6.45, 7) is 4.52. The van der Waals surface area contributed by atoms with Gasteiger partial charge in [0.15, 0.2) is 0 Å². The second-order valence-corrected chi connectivity index (χ2v) is 5.10. The van der Waals surface area contributed by atoms with E-state index >= 15 is 0 Å². The van der Waals surface area contributed by atoms with Crippen LogP contribution in [0.4, 0.5) is 0 Å². The van der Waals surface area contributed by atoms with Gasteiger partial charge >= 0.3 is 0 Å². The van der Waals surface area contributed by atoms with Gasteiger partial charge in [-0.15, -0.1) is 0 Å². The van der Waals surface area contributed by atoms with Gasteiger partial charge in [-0.1, -0.05) is 12.1 Å². The van der Waals surface area contributed by atoms with E-state index in [1.165, 1.54) is 0 Å². The average molecular weight is 270 g/mol. The Morgan fingerprint density at radius 1 is 1.35 bits per heavy atom. The van der Waals surface area contributed by atoms with E-state index in [9.17, 15) is 5.11 Å². The lowest BCUT2D eigenvalue weighted by molar-refractivity contribution is 0.0333. The highest BCUT2D eigenvalue weighted by atomic mass is 16.4. The van der Waals surface area contributed by atoms with Gasteiger partial charge in [-0.05, 0) is 43.7 Å². The molecule has 0 spiro atoms. The first-order chi connectivity index (χ1) is 9.51. The number of nitriles is 1. The third kappa shape index (κ3) is 3.47. The molecule has 0 bridgehead atoms. The van der Waals surface area contributed by atoms with E-state index in [0.29, 0.717) is 24.4 Å². The van der Waals surface area contributed by atoms with Crippen molar-refractivity contribution >= 4 is 0 Å². The Kier molecular flexibility index (Phi) is 4.23. The SMILES string of the molecule is Cc1ccc(C(C)(O)CNCc2cccc(C#N)c2)o1. The number of nitrogens with one attached hydrogen (secondary N) is 1. The van der Waals surface area contributed by atoms with Crippen molar-refractivity contribution in [2.45, 2.75) is 26.0 Å². The molecule has 0 saturated carbocycles. The van der Waals surface area contributed by atoms with E-state index in [4.69, 9.17) is 9.68 Å². The minimum Gasteiger partial charge on any atom is -0.463 e. The predicted molar refractivity (Wildman–Crippen MR) is 75.9 cm³/mol. The molecule has 1 aromatic heterocycles. The molecular weight excluding hydrogens is 252 g/mol. The zero-order valence-electron chi connectivity index (χ0n) is 11.7. The van der Waals surface area contributed by atoms with Crippen LogP contribution < -0.4 is 5.32 Å². The van der Waals surface area contributed by atoms with E-state index in [1.807, 2.05) is 31.2 Å². The third-order valence-corrected chi connectivity index (χ3v) is 3.13. The van der Waals surface area contributed by atoms with E-state index in [1.54, 1.807) is 19.1 Å². The maximum absolute atomic E-state index is 10.4. The molecule has 0 saturated heterocycles. The van der Waals surface area contributed by atoms with Gasteiger partial charge < -0.3 is 14.8 Å². The first-order valence-electron chi connectivity index (χ1n) is 6.50. The van der Waals surface area contributed by atoms with Gasteiger partial charge in [-0.2, -0.15) is 5.26 Å². The standard InChI is InChI=1S/C16H18N2O2/c1-12-6-7-15(20-12)16(2,19)11-18-10-14-5-3-4-13(8-14)9-17/h3-8,18-19H,10-11H2,1-2H3. The van der Waals surface area contributed by atoms with E-state index in [2.05, 4.69) is 11.4 Å². The van der Waals surface area contributed by atoms with Crippen LogP contribution in [0.2, 0.25) is 0 Å². The second kappa shape index (κ2) is 5.91. The number of hydrogen-bond acceptors (Lipinski definition) is 4. The van der Waals surface area contributed by atoms with Crippen LogP contribution in [0.15, 0.2) is 40.8 Å². The summed E-state index contributed by atoms with van der Waals surface area (Å²) in [5, 5.41) is 22.4. The maximum atomic E-state index is 10.4. The minimum absolute atomic E-state index is 0.372. The van der Waals surface area contributed by atoms with Crippen LogP contribution in [0.3, 0.4) is 0 Å². The quantitative estimate of drug-likeness (QED) is 0.875. The average Bonchev–Trinajstić information content (AvgIpc) is 2.86. The molecule has 1 heterocycles. The molecule has 1 unspecified atom stereocenters. The summed E-state index contributed by atoms with van der Waals surface area (Å²) in [6.07, 6.45) is 0. The largest absolute Gasteiger partial charge is 0.463 e. The summed E-state index contributed by atoms with van der Waals surface area (Å²) in [6, 6.07) is 13.1. The summed E-state index contributed by atoms with van der Waals surface area (Å²) in [4.78, 5) is 0. The first kappa shape index (κ1) is 14.3. The van der Waals surface area contributed by atoms with E-state index in [-0.39, 0.29) is 0 Å². The van der Waals surface area contributed by atoms with Crippen LogP contribution >= 0.6 is 0 Å². The topological polar surface area (TPSA) is 69.2 Å². The smallest absolute Gasteiger partial charge is 0.136 e. The van der Waals surface area contributed by atoms with E-state index < -0.39 is 5.60 Å². The van der Waals surface area contributed by atoms with Crippen LogP contribution in [-0.4, -0.2) is 11.7 Å². The molecule has 1 atom stereocenters. The number of nitrogens with zero attached hydrogens (tertiary/aromatic N) is 1. The van der Waals surface area contributed by atoms with Crippen molar-refractivity contribution < 1.29 is 9.52 Å². The summed E-state index contributed by atoms with van der Waals surface area (Å²) >= 11 is 0. The van der Waals surface area contributed by atoms with Gasteiger partial charge in [-0.25, -0.2) is 0 Å². The Bertz CT molecular complexity index is 623. The number of aliphatic hydroxyl groups is 1. The monoisotopic (exact) mass is 270 g/mol. The molecule has 0 aliphatic rings. The highest BCUT2D eigenvalue weighted by Crippen LogP contribution is 2.22. The third-order valence-electron chi connectivity index (χ3n) is 3.13. The molecule has 4 heteroatoms. The summed E-state index contributed by atoms with van der Waals surface area (Å²) in [5.41, 5.74) is 0.592. The number of aryl methyl sites for hydroxylation is 1. The normalized spacial score (nSPS) is 13.7. The van der Waals surface area contributed by atoms with Crippen molar-refractivity contribution in [1.82, 2.24) is 5.32 Å². The molecule has 0 aliphatic carbocycles. The number of furan rings is 1. The van der Waals surface area contributed by atoms with E-state index in [0.717, 1.165) is 11.3 Å². The highest BCUT2D eigenvalue weighted by Gasteiger charge is 2.26. The van der Waals surface area contributed by atoms with Gasteiger partial charge in [-0.3, -0.25) is 0 Å². The van der Waals surface area contributed by atoms with Crippen molar-refractivity contribution in [2.24, 2.45) is 0 Å². The fourth-order valence-electron chi connectivity index (χ4n) is 2.01. The van der Waals surface area contributed by atoms with Crippen LogP contribution in [0.5, 0.6) is 0 Å². The molecule has 0 aliphatic heterocycles. The van der Waals surface area contributed by atoms with Crippen molar-refractivity contribution in [1.29, 1.82) is 5.26 Å². The molecule has 0 radical (unpaired) electrons. The van der Waals surface area contributed by atoms with Crippen LogP contribution in [-0.2, 0) is 12.1 Å². The predicted octanol–water partition coefficient (Wildman–Crippen LogP) is 2.46. The maximum Gasteiger partial charge on any atom is 0.136 e. The molecular formula is C16H18N2O2. The van der Waals surface area contributed by atoms with Crippen molar-refractivity contribution in [2.75, 3.05) is 6.54 Å². The Balaban J connectivity index is 1.93. The lowest BCUT2D eigenvalue weighted by atomic mass is 10.0. The highest BCUT2D eigenvalue weighted by molar-refractivity contribution is 5.32. The molecule has 4 nitrogen and oxygen atoms in total. The van der Waals surface area contributed by atoms with Crippen LogP contribution in [0.1, 0.15) is 29.6 Å². The van der Waals surface area contributed by atoms with Gasteiger partial charge in [0.05, 0.1) is 11.6 Å². The Hall–Kier alpha value is -2.09. The van der Waals surface area contributed by atoms with Crippen LogP contribution in [0.25, 0.3) is 0 Å². The minimum atomic E-state index is -1.05. The number of hydrogen-bond donors (Lipinski definition) is 2. The Morgan fingerprint density at radius 2 is 2.15 bits per heavy atom. The van der Waals surface area contributed by atoms with Crippen molar-refractivity contribution in [3.63, 3.8) is 0 Å². The lowest BCUT2D eigenvalue weighted by Gasteiger charge is -2.21. The molecule has 2 N–H and O–H groups in total. The van der Waals surface area contributed by atoms with Crippen LogP contribution in [0, 0.1) is 18.3 Å². The molecule has 1 aromatic carbocycles. The Labute approximate surface area is 118 Å². The van der Waals surface area contributed by atoms with Gasteiger partial charge in [0.1, 0.15) is 17.1 Å². The van der Waals surface area contributed by atoms with Crippen molar-refractivity contribution in [3.05, 3.63) is 59.0 Å². The molecule has 104 valence electrons. The zero-order valence-corrected chi connectivity index (χ0v) is 11.7. The fraction of sp³-hybridized carbons (Fsp3) is 0.312. The number of benzene rings is 1. The lowest BCUT2D eigenvalue weighted by Crippen LogP contribution is -2.34. The summed E-state index contributed by atoms with van der Waals surface area (Å²) in [5.74, 6) is 1.33. The summed E-state index contributed by atoms with van der Waals surface area (Å²) < 4.78 is 5.45. The van der Waals surface area contributed by atoms with Crippen molar-refractivity contribution in [3.8, 4) is 6.07 Å². The number of rotatable bonds is 5. The molecule has 2 rings (SSSR count). The zero-order chi connectivity index (χ0) is 14.6. The van der Waals surface area contributed by atoms with Gasteiger partial charge in [0.2, 0.25) is 0 Å². The fourth-order valence-corrected chi connectivity index (χ4v) is 2.01. The molecule has 20 heavy (non-hydrogen) atoms. The molecule has 2 aromatic rings.